The predicted molar refractivity (Wildman–Crippen MR) is 163 cm³/mol. The summed E-state index contributed by atoms with van der Waals surface area (Å²) in [6, 6.07) is 19.4. The molecule has 41 heavy (non-hydrogen) atoms. The van der Waals surface area contributed by atoms with Crippen molar-refractivity contribution in [1.82, 2.24) is 20.3 Å². The minimum absolute atomic E-state index is 0.106. The van der Waals surface area contributed by atoms with Gasteiger partial charge in [-0.25, -0.2) is 0 Å². The first-order chi connectivity index (χ1) is 20.2. The molecule has 0 aliphatic heterocycles. The van der Waals surface area contributed by atoms with Crippen LogP contribution in [0.25, 0.3) is 0 Å². The molecule has 0 spiro atoms. The first-order valence-corrected chi connectivity index (χ1v) is 14.4. The zero-order valence-electron chi connectivity index (χ0n) is 23.8. The van der Waals surface area contributed by atoms with Gasteiger partial charge in [-0.1, -0.05) is 61.4 Å². The summed E-state index contributed by atoms with van der Waals surface area (Å²) in [5.41, 5.74) is 7.47. The molecule has 0 atom stereocenters. The molecule has 222 valence electrons. The van der Waals surface area contributed by atoms with Gasteiger partial charge in [0.2, 0.25) is 17.8 Å². The molecule has 3 rings (SSSR count). The summed E-state index contributed by atoms with van der Waals surface area (Å²) in [5.74, 6) is 1.45. The van der Waals surface area contributed by atoms with E-state index < -0.39 is 0 Å². The van der Waals surface area contributed by atoms with Crippen LogP contribution in [0.4, 0.5) is 17.8 Å². The maximum atomic E-state index is 12.0. The number of aromatic nitrogens is 3. The molecule has 11 heteroatoms. The molecule has 11 nitrogen and oxygen atoms in total. The Morgan fingerprint density at radius 3 is 1.85 bits per heavy atom. The largest absolute Gasteiger partial charge is 0.377 e. The first-order valence-electron chi connectivity index (χ1n) is 14.4. The van der Waals surface area contributed by atoms with Gasteiger partial charge in [-0.3, -0.25) is 4.79 Å². The average Bonchev–Trinajstić information content (AvgIpc) is 3.00. The number of ether oxygens (including phenoxy) is 2. The van der Waals surface area contributed by atoms with Crippen molar-refractivity contribution in [3.8, 4) is 0 Å². The number of rotatable bonds is 22. The first kappa shape index (κ1) is 31.7. The highest BCUT2D eigenvalue weighted by Gasteiger charge is 2.07. The number of hydrogen-bond acceptors (Lipinski definition) is 10. The second-order valence-corrected chi connectivity index (χ2v) is 9.37. The van der Waals surface area contributed by atoms with Crippen molar-refractivity contribution in [2.24, 2.45) is 5.73 Å². The van der Waals surface area contributed by atoms with E-state index in [9.17, 15) is 4.79 Å². The molecule has 0 saturated carbocycles. The van der Waals surface area contributed by atoms with Gasteiger partial charge in [-0.05, 0) is 43.5 Å². The Kier molecular flexibility index (Phi) is 15.6. The maximum absolute atomic E-state index is 12.0. The van der Waals surface area contributed by atoms with Crippen molar-refractivity contribution in [1.29, 1.82) is 0 Å². The van der Waals surface area contributed by atoms with E-state index in [1.54, 1.807) is 12.1 Å². The van der Waals surface area contributed by atoms with Gasteiger partial charge in [0.15, 0.2) is 0 Å². The standard InChI is InChI=1S/C30H44N8O3/c31-16-9-1-2-10-17-33-28-36-29(34-18-15-25-11-5-3-6-12-25)38-30(37-28)35-20-22-41-24-23-40-21-19-32-27(39)26-13-7-4-8-14-26/h3-8,11-14H,1-2,9-10,15-24,31H2,(H,32,39)(H3,33,34,35,36,37,38). The molecule has 0 unspecified atom stereocenters. The van der Waals surface area contributed by atoms with E-state index >= 15 is 0 Å². The van der Waals surface area contributed by atoms with Crippen LogP contribution in [0, 0.1) is 0 Å². The lowest BCUT2D eigenvalue weighted by Crippen LogP contribution is -2.27. The number of anilines is 3. The minimum Gasteiger partial charge on any atom is -0.377 e. The number of carbonyl (C=O) groups is 1. The molecule has 0 radical (unpaired) electrons. The Bertz CT molecular complexity index is 1110. The third-order valence-corrected chi connectivity index (χ3v) is 6.06. The Morgan fingerprint density at radius 1 is 0.634 bits per heavy atom. The lowest BCUT2D eigenvalue weighted by Gasteiger charge is -2.12. The number of nitrogens with two attached hydrogens (primary N) is 1. The SMILES string of the molecule is NCCCCCCNc1nc(NCCOCCOCCNC(=O)c2ccccc2)nc(NCCc2ccccc2)n1. The van der Waals surface area contributed by atoms with Gasteiger partial charge in [0.1, 0.15) is 0 Å². The summed E-state index contributed by atoms with van der Waals surface area (Å²) in [5, 5.41) is 12.7. The Labute approximate surface area is 243 Å². The quantitative estimate of drug-likeness (QED) is 0.115. The van der Waals surface area contributed by atoms with E-state index in [2.05, 4.69) is 48.4 Å². The number of nitrogens with zero attached hydrogens (tertiary/aromatic N) is 3. The highest BCUT2D eigenvalue weighted by Crippen LogP contribution is 2.11. The summed E-state index contributed by atoms with van der Waals surface area (Å²) < 4.78 is 11.2. The van der Waals surface area contributed by atoms with Crippen molar-refractivity contribution in [2.45, 2.75) is 32.1 Å². The number of carbonyl (C=O) groups excluding carboxylic acids is 1. The van der Waals surface area contributed by atoms with Gasteiger partial charge in [0, 0.05) is 31.7 Å². The Hall–Kier alpha value is -3.80. The van der Waals surface area contributed by atoms with Gasteiger partial charge in [0.05, 0.1) is 26.4 Å². The molecule has 0 saturated heterocycles. The molecule has 6 N–H and O–H groups in total. The summed E-state index contributed by atoms with van der Waals surface area (Å²) in [6.07, 6.45) is 5.20. The normalized spacial score (nSPS) is 10.8. The molecular weight excluding hydrogens is 520 g/mol. The second kappa shape index (κ2) is 20.1. The summed E-state index contributed by atoms with van der Waals surface area (Å²) >= 11 is 0. The van der Waals surface area contributed by atoms with Crippen LogP contribution in [0.15, 0.2) is 60.7 Å². The van der Waals surface area contributed by atoms with Gasteiger partial charge in [0.25, 0.3) is 5.91 Å². The predicted octanol–water partition coefficient (Wildman–Crippen LogP) is 3.33. The lowest BCUT2D eigenvalue weighted by molar-refractivity contribution is 0.0519. The number of nitrogens with one attached hydrogen (secondary N) is 4. The summed E-state index contributed by atoms with van der Waals surface area (Å²) in [6.45, 7) is 5.02. The van der Waals surface area contributed by atoms with E-state index in [4.69, 9.17) is 15.2 Å². The van der Waals surface area contributed by atoms with Gasteiger partial charge >= 0.3 is 0 Å². The zero-order chi connectivity index (χ0) is 28.8. The molecule has 2 aromatic carbocycles. The monoisotopic (exact) mass is 564 g/mol. The fourth-order valence-corrected chi connectivity index (χ4v) is 3.88. The van der Waals surface area contributed by atoms with E-state index in [-0.39, 0.29) is 5.91 Å². The van der Waals surface area contributed by atoms with Crippen LogP contribution in [-0.2, 0) is 15.9 Å². The number of amides is 1. The molecule has 1 amide bonds. The Balaban J connectivity index is 1.33. The van der Waals surface area contributed by atoms with Gasteiger partial charge in [-0.15, -0.1) is 0 Å². The van der Waals surface area contributed by atoms with Crippen LogP contribution in [0.5, 0.6) is 0 Å². The third-order valence-electron chi connectivity index (χ3n) is 6.06. The number of unbranched alkanes of at least 4 members (excludes halogenated alkanes) is 3. The second-order valence-electron chi connectivity index (χ2n) is 9.37. The summed E-state index contributed by atoms with van der Waals surface area (Å²) in [4.78, 5) is 25.6. The van der Waals surface area contributed by atoms with Crippen molar-refractivity contribution in [3.63, 3.8) is 0 Å². The van der Waals surface area contributed by atoms with Crippen molar-refractivity contribution in [2.75, 3.05) is 75.1 Å². The highest BCUT2D eigenvalue weighted by molar-refractivity contribution is 5.94. The highest BCUT2D eigenvalue weighted by atomic mass is 16.5. The summed E-state index contributed by atoms with van der Waals surface area (Å²) in [7, 11) is 0. The molecule has 1 heterocycles. The van der Waals surface area contributed by atoms with Crippen LogP contribution in [0.2, 0.25) is 0 Å². The molecular formula is C30H44N8O3. The van der Waals surface area contributed by atoms with Crippen molar-refractivity contribution < 1.29 is 14.3 Å². The Morgan fingerprint density at radius 2 is 1.20 bits per heavy atom. The van der Waals surface area contributed by atoms with E-state index in [0.717, 1.165) is 45.2 Å². The zero-order valence-corrected chi connectivity index (χ0v) is 23.8. The van der Waals surface area contributed by atoms with Gasteiger partial charge < -0.3 is 36.5 Å². The average molecular weight is 565 g/mol. The van der Waals surface area contributed by atoms with Crippen LogP contribution < -0.4 is 27.0 Å². The van der Waals surface area contributed by atoms with Crippen LogP contribution in [0.1, 0.15) is 41.6 Å². The molecule has 0 aliphatic rings. The fourth-order valence-electron chi connectivity index (χ4n) is 3.88. The van der Waals surface area contributed by atoms with E-state index in [1.807, 2.05) is 36.4 Å². The molecule has 3 aromatic rings. The number of benzene rings is 2. The lowest BCUT2D eigenvalue weighted by atomic mass is 10.1. The smallest absolute Gasteiger partial charge is 0.251 e. The van der Waals surface area contributed by atoms with Crippen molar-refractivity contribution >= 4 is 23.8 Å². The minimum atomic E-state index is -0.106. The van der Waals surface area contributed by atoms with Crippen LogP contribution >= 0.6 is 0 Å². The maximum Gasteiger partial charge on any atom is 0.251 e. The molecule has 0 fully saturated rings. The topological polar surface area (TPSA) is 148 Å². The van der Waals surface area contributed by atoms with Gasteiger partial charge in [-0.2, -0.15) is 15.0 Å². The number of hydrogen-bond donors (Lipinski definition) is 5. The van der Waals surface area contributed by atoms with Crippen molar-refractivity contribution in [3.05, 3.63) is 71.8 Å². The fraction of sp³-hybridized carbons (Fsp3) is 0.467. The van der Waals surface area contributed by atoms with E-state index in [1.165, 1.54) is 5.56 Å². The molecule has 0 aliphatic carbocycles. The molecule has 1 aromatic heterocycles. The van der Waals surface area contributed by atoms with E-state index in [0.29, 0.717) is 69.5 Å². The third kappa shape index (κ3) is 13.9. The van der Waals surface area contributed by atoms with Crippen LogP contribution in [0.3, 0.4) is 0 Å². The molecule has 0 bridgehead atoms. The van der Waals surface area contributed by atoms with Crippen LogP contribution in [-0.4, -0.2) is 80.0 Å².